The lowest BCUT2D eigenvalue weighted by molar-refractivity contribution is -0.274. The van der Waals surface area contributed by atoms with Gasteiger partial charge in [0.05, 0.1) is 20.7 Å². The lowest BCUT2D eigenvalue weighted by Crippen LogP contribution is -2.53. The molecule has 1 atom stereocenters. The van der Waals surface area contributed by atoms with Crippen molar-refractivity contribution in [3.63, 3.8) is 0 Å². The van der Waals surface area contributed by atoms with Crippen LogP contribution in [0, 0.1) is 0 Å². The highest BCUT2D eigenvalue weighted by molar-refractivity contribution is 9.10. The van der Waals surface area contributed by atoms with Crippen molar-refractivity contribution < 1.29 is 32.6 Å². The first kappa shape index (κ1) is 23.9. The van der Waals surface area contributed by atoms with Gasteiger partial charge in [-0.05, 0) is 41.1 Å². The van der Waals surface area contributed by atoms with Crippen LogP contribution in [0.5, 0.6) is 5.75 Å². The second-order valence-corrected chi connectivity index (χ2v) is 8.20. The summed E-state index contributed by atoms with van der Waals surface area (Å²) in [6, 6.07) is 5.15. The van der Waals surface area contributed by atoms with Crippen LogP contribution in [0.15, 0.2) is 34.9 Å². The summed E-state index contributed by atoms with van der Waals surface area (Å²) in [5, 5.41) is 11.6. The summed E-state index contributed by atoms with van der Waals surface area (Å²) in [5.41, 5.74) is 0.0875. The molecule has 13 heteroatoms. The van der Waals surface area contributed by atoms with Crippen LogP contribution >= 0.6 is 27.5 Å². The molecule has 0 bridgehead atoms. The zero-order valence-electron chi connectivity index (χ0n) is 16.5. The average molecular weight is 538 g/mol. The number of rotatable bonds is 4. The summed E-state index contributed by atoms with van der Waals surface area (Å²) in [5.74, 6) is -0.614. The Morgan fingerprint density at radius 3 is 2.59 bits per heavy atom. The minimum absolute atomic E-state index is 0.00875. The van der Waals surface area contributed by atoms with Gasteiger partial charge in [0.25, 0.3) is 5.91 Å². The number of aromatic nitrogens is 1. The van der Waals surface area contributed by atoms with E-state index in [2.05, 4.69) is 31.0 Å². The largest absolute Gasteiger partial charge is 0.573 e. The molecule has 0 radical (unpaired) electrons. The van der Waals surface area contributed by atoms with E-state index in [9.17, 15) is 22.8 Å². The average Bonchev–Trinajstić information content (AvgIpc) is 2.70. The van der Waals surface area contributed by atoms with Gasteiger partial charge in [-0.2, -0.15) is 0 Å². The zero-order chi connectivity index (χ0) is 23.6. The number of hydrogen-bond acceptors (Lipinski definition) is 5. The fourth-order valence-electron chi connectivity index (χ4n) is 3.18. The molecule has 1 fully saturated rings. The smallest absolute Gasteiger partial charge is 0.465 e. The van der Waals surface area contributed by atoms with Crippen LogP contribution in [-0.2, 0) is 0 Å². The van der Waals surface area contributed by atoms with Gasteiger partial charge in [0, 0.05) is 37.9 Å². The number of nitrogens with zero attached hydrogens (tertiary/aromatic N) is 3. The molecule has 0 saturated carbocycles. The standard InChI is InChI=1S/C19H17BrClF3N4O4/c1-10-9-27(18(30)31)4-5-28(10)16-3-2-11(8-25-16)17(29)26-14-7-15(32-19(22,23)24)12(20)6-13(14)21/h2-3,6-8,10H,4-5,9H2,1H3,(H,26,29)(H,30,31)/t10-/m1/s1. The predicted octanol–water partition coefficient (Wildman–Crippen LogP) is 4.84. The quantitative estimate of drug-likeness (QED) is 0.580. The van der Waals surface area contributed by atoms with Gasteiger partial charge >= 0.3 is 12.5 Å². The monoisotopic (exact) mass is 536 g/mol. The first-order valence-electron chi connectivity index (χ1n) is 9.21. The zero-order valence-corrected chi connectivity index (χ0v) is 18.8. The summed E-state index contributed by atoms with van der Waals surface area (Å²) in [7, 11) is 0. The topological polar surface area (TPSA) is 95.0 Å². The molecule has 1 aromatic heterocycles. The molecule has 1 aromatic carbocycles. The molecule has 172 valence electrons. The summed E-state index contributed by atoms with van der Waals surface area (Å²) < 4.78 is 41.5. The van der Waals surface area contributed by atoms with Crippen molar-refractivity contribution in [3.8, 4) is 5.75 Å². The lowest BCUT2D eigenvalue weighted by Gasteiger charge is -2.39. The molecule has 1 aliphatic heterocycles. The number of alkyl halides is 3. The third kappa shape index (κ3) is 5.74. The Kier molecular flexibility index (Phi) is 7.03. The van der Waals surface area contributed by atoms with Crippen molar-refractivity contribution in [2.24, 2.45) is 0 Å². The van der Waals surface area contributed by atoms with E-state index in [4.69, 9.17) is 16.7 Å². The number of carbonyl (C=O) groups is 2. The first-order chi connectivity index (χ1) is 14.9. The van der Waals surface area contributed by atoms with E-state index in [1.54, 1.807) is 6.07 Å². The van der Waals surface area contributed by atoms with E-state index in [1.165, 1.54) is 23.2 Å². The molecule has 1 saturated heterocycles. The Morgan fingerprint density at radius 2 is 2.03 bits per heavy atom. The van der Waals surface area contributed by atoms with Crippen LogP contribution in [0.2, 0.25) is 5.02 Å². The summed E-state index contributed by atoms with van der Waals surface area (Å²) in [4.78, 5) is 31.2. The van der Waals surface area contributed by atoms with Crippen molar-refractivity contribution >= 4 is 51.0 Å². The van der Waals surface area contributed by atoms with Crippen LogP contribution in [-0.4, -0.2) is 59.0 Å². The molecule has 8 nitrogen and oxygen atoms in total. The molecule has 0 unspecified atom stereocenters. The molecule has 2 N–H and O–H groups in total. The van der Waals surface area contributed by atoms with Gasteiger partial charge in [0.15, 0.2) is 0 Å². The maximum atomic E-state index is 12.6. The third-order valence-electron chi connectivity index (χ3n) is 4.70. The van der Waals surface area contributed by atoms with Crippen molar-refractivity contribution in [2.45, 2.75) is 19.3 Å². The van der Waals surface area contributed by atoms with Gasteiger partial charge in [-0.1, -0.05) is 11.6 Å². The second-order valence-electron chi connectivity index (χ2n) is 6.94. The van der Waals surface area contributed by atoms with Gasteiger partial charge in [-0.25, -0.2) is 9.78 Å². The molecule has 3 rings (SSSR count). The molecule has 32 heavy (non-hydrogen) atoms. The highest BCUT2D eigenvalue weighted by atomic mass is 79.9. The predicted molar refractivity (Wildman–Crippen MR) is 114 cm³/mol. The number of hydrogen-bond donors (Lipinski definition) is 2. The minimum atomic E-state index is -4.91. The number of carboxylic acid groups (broad SMARTS) is 1. The number of carbonyl (C=O) groups excluding carboxylic acids is 1. The summed E-state index contributed by atoms with van der Waals surface area (Å²) in [6.45, 7) is 2.97. The van der Waals surface area contributed by atoms with Gasteiger partial charge in [-0.15, -0.1) is 13.2 Å². The Morgan fingerprint density at radius 1 is 1.31 bits per heavy atom. The van der Waals surface area contributed by atoms with E-state index >= 15 is 0 Å². The van der Waals surface area contributed by atoms with Crippen molar-refractivity contribution in [2.75, 3.05) is 29.9 Å². The van der Waals surface area contributed by atoms with Crippen molar-refractivity contribution in [1.82, 2.24) is 9.88 Å². The third-order valence-corrected chi connectivity index (χ3v) is 5.63. The Hall–Kier alpha value is -2.73. The van der Waals surface area contributed by atoms with Crippen molar-refractivity contribution in [3.05, 3.63) is 45.5 Å². The summed E-state index contributed by atoms with van der Waals surface area (Å²) >= 11 is 8.97. The fourth-order valence-corrected chi connectivity index (χ4v) is 3.95. The SMILES string of the molecule is C[C@@H]1CN(C(=O)O)CCN1c1ccc(C(=O)Nc2cc(OC(F)(F)F)c(Br)cc2Cl)cn1. The highest BCUT2D eigenvalue weighted by Gasteiger charge is 2.32. The van der Waals surface area contributed by atoms with Crippen LogP contribution < -0.4 is 15.0 Å². The normalized spacial score (nSPS) is 16.6. The van der Waals surface area contributed by atoms with Gasteiger partial charge in [0.1, 0.15) is 11.6 Å². The van der Waals surface area contributed by atoms with E-state index in [1.807, 2.05) is 11.8 Å². The summed E-state index contributed by atoms with van der Waals surface area (Å²) in [6.07, 6.45) is -4.57. The fraction of sp³-hybridized carbons (Fsp3) is 0.316. The number of piperazine rings is 1. The molecule has 2 aromatic rings. The number of pyridine rings is 1. The number of amides is 2. The Balaban J connectivity index is 1.72. The van der Waals surface area contributed by atoms with E-state index < -0.39 is 24.1 Å². The first-order valence-corrected chi connectivity index (χ1v) is 10.4. The molecule has 0 aliphatic carbocycles. The van der Waals surface area contributed by atoms with E-state index in [0.717, 1.165) is 6.07 Å². The van der Waals surface area contributed by atoms with Gasteiger partial charge in [-0.3, -0.25) is 4.79 Å². The minimum Gasteiger partial charge on any atom is -0.465 e. The molecule has 2 amide bonds. The number of anilines is 2. The van der Waals surface area contributed by atoms with Gasteiger partial charge < -0.3 is 25.0 Å². The maximum Gasteiger partial charge on any atom is 0.573 e. The molecule has 2 heterocycles. The lowest BCUT2D eigenvalue weighted by atomic mass is 10.2. The second kappa shape index (κ2) is 9.41. The molecular formula is C19H17BrClF3N4O4. The highest BCUT2D eigenvalue weighted by Crippen LogP contribution is 2.37. The molecular weight excluding hydrogens is 521 g/mol. The number of benzene rings is 1. The maximum absolute atomic E-state index is 12.6. The van der Waals surface area contributed by atoms with Crippen LogP contribution in [0.4, 0.5) is 29.5 Å². The van der Waals surface area contributed by atoms with Crippen LogP contribution in [0.1, 0.15) is 17.3 Å². The number of halogens is 5. The van der Waals surface area contributed by atoms with E-state index in [-0.39, 0.29) is 26.8 Å². The van der Waals surface area contributed by atoms with Gasteiger partial charge in [0.2, 0.25) is 0 Å². The van der Waals surface area contributed by atoms with Crippen LogP contribution in [0.3, 0.4) is 0 Å². The number of ether oxygens (including phenoxy) is 1. The van der Waals surface area contributed by atoms with E-state index in [0.29, 0.717) is 25.5 Å². The molecule has 0 spiro atoms. The van der Waals surface area contributed by atoms with Crippen molar-refractivity contribution in [1.29, 1.82) is 0 Å². The number of nitrogens with one attached hydrogen (secondary N) is 1. The Labute approximate surface area is 194 Å². The Bertz CT molecular complexity index is 1020. The molecule has 1 aliphatic rings. The van der Waals surface area contributed by atoms with Crippen LogP contribution in [0.25, 0.3) is 0 Å².